The minimum atomic E-state index is -0.909. The zero-order valence-corrected chi connectivity index (χ0v) is 12.1. The van der Waals surface area contributed by atoms with E-state index in [0.717, 1.165) is 32.1 Å². The molecule has 6 heteroatoms. The van der Waals surface area contributed by atoms with Crippen molar-refractivity contribution in [2.75, 3.05) is 12.3 Å². The highest BCUT2D eigenvalue weighted by Gasteiger charge is 2.48. The minimum Gasteiger partial charge on any atom is -0.480 e. The van der Waals surface area contributed by atoms with Crippen LogP contribution in [0.25, 0.3) is 0 Å². The molecule has 1 saturated heterocycles. The van der Waals surface area contributed by atoms with Crippen molar-refractivity contribution >= 4 is 23.6 Å². The summed E-state index contributed by atoms with van der Waals surface area (Å²) >= 11 is 1.53. The predicted molar refractivity (Wildman–Crippen MR) is 74.8 cm³/mol. The van der Waals surface area contributed by atoms with E-state index in [1.54, 1.807) is 4.90 Å². The Morgan fingerprint density at radius 1 is 1.37 bits per heavy atom. The molecule has 2 aliphatic rings. The van der Waals surface area contributed by atoms with E-state index < -0.39 is 17.4 Å². The van der Waals surface area contributed by atoms with Gasteiger partial charge in [-0.05, 0) is 19.8 Å². The summed E-state index contributed by atoms with van der Waals surface area (Å²) in [7, 11) is 0. The van der Waals surface area contributed by atoms with Crippen molar-refractivity contribution in [2.24, 2.45) is 11.1 Å². The highest BCUT2D eigenvalue weighted by atomic mass is 32.2. The Morgan fingerprint density at radius 3 is 2.53 bits per heavy atom. The molecule has 0 aromatic heterocycles. The molecule has 0 aromatic carbocycles. The fourth-order valence-electron chi connectivity index (χ4n) is 3.15. The summed E-state index contributed by atoms with van der Waals surface area (Å²) in [5.41, 5.74) is 5.35. The van der Waals surface area contributed by atoms with Gasteiger partial charge in [0.25, 0.3) is 0 Å². The topological polar surface area (TPSA) is 83.6 Å². The van der Waals surface area contributed by atoms with Crippen molar-refractivity contribution in [3.05, 3.63) is 0 Å². The molecule has 0 spiro atoms. The Labute approximate surface area is 117 Å². The second-order valence-corrected chi connectivity index (χ2v) is 6.89. The summed E-state index contributed by atoms with van der Waals surface area (Å²) in [5.74, 6) is -0.476. The van der Waals surface area contributed by atoms with Gasteiger partial charge in [0.05, 0.1) is 10.8 Å². The number of carboxylic acid groups (broad SMARTS) is 1. The van der Waals surface area contributed by atoms with Crippen molar-refractivity contribution < 1.29 is 14.7 Å². The highest BCUT2D eigenvalue weighted by molar-refractivity contribution is 8.00. The molecule has 1 aliphatic carbocycles. The van der Waals surface area contributed by atoms with Crippen LogP contribution < -0.4 is 5.73 Å². The van der Waals surface area contributed by atoms with Crippen LogP contribution in [0, 0.1) is 5.41 Å². The summed E-state index contributed by atoms with van der Waals surface area (Å²) < 4.78 is 0. The SMILES string of the molecule is CC1SCC(C(=O)O)N1C(=O)C1(CN)CCCCC1. The first kappa shape index (κ1) is 14.7. The lowest BCUT2D eigenvalue weighted by molar-refractivity contribution is -0.155. The lowest BCUT2D eigenvalue weighted by Crippen LogP contribution is -2.54. The lowest BCUT2D eigenvalue weighted by atomic mass is 9.73. The van der Waals surface area contributed by atoms with Gasteiger partial charge in [0.15, 0.2) is 0 Å². The monoisotopic (exact) mass is 286 g/mol. The quantitative estimate of drug-likeness (QED) is 0.816. The van der Waals surface area contributed by atoms with E-state index >= 15 is 0 Å². The molecule has 5 nitrogen and oxygen atoms in total. The minimum absolute atomic E-state index is 0.0420. The Balaban J connectivity index is 2.22. The van der Waals surface area contributed by atoms with Crippen LogP contribution in [0.1, 0.15) is 39.0 Å². The fraction of sp³-hybridized carbons (Fsp3) is 0.846. The lowest BCUT2D eigenvalue weighted by Gasteiger charge is -2.40. The Hall–Kier alpha value is -0.750. The summed E-state index contributed by atoms with van der Waals surface area (Å²) in [6.45, 7) is 2.23. The van der Waals surface area contributed by atoms with Crippen LogP contribution in [0.4, 0.5) is 0 Å². The third-order valence-electron chi connectivity index (χ3n) is 4.40. The Bertz CT molecular complexity index is 369. The van der Waals surface area contributed by atoms with Gasteiger partial charge in [-0.25, -0.2) is 4.79 Å². The van der Waals surface area contributed by atoms with Gasteiger partial charge in [-0.2, -0.15) is 0 Å². The molecule has 2 fully saturated rings. The predicted octanol–water partition coefficient (Wildman–Crippen LogP) is 1.27. The first-order chi connectivity index (χ1) is 9.02. The maximum Gasteiger partial charge on any atom is 0.327 e. The molecule has 3 N–H and O–H groups in total. The van der Waals surface area contributed by atoms with Crippen LogP contribution >= 0.6 is 11.8 Å². The molecule has 0 aromatic rings. The molecule has 2 unspecified atom stereocenters. The Kier molecular flexibility index (Phi) is 4.40. The molecule has 1 saturated carbocycles. The molecule has 2 atom stereocenters. The standard InChI is InChI=1S/C13H22N2O3S/c1-9-15(10(7-19-9)11(16)17)12(18)13(8-14)5-3-2-4-6-13/h9-10H,2-8,14H2,1H3,(H,16,17). The molecular weight excluding hydrogens is 264 g/mol. The number of thioether (sulfide) groups is 1. The van der Waals surface area contributed by atoms with Crippen LogP contribution in [0.2, 0.25) is 0 Å². The number of rotatable bonds is 3. The smallest absolute Gasteiger partial charge is 0.327 e. The molecule has 1 heterocycles. The molecule has 108 valence electrons. The number of hydrogen-bond acceptors (Lipinski definition) is 4. The van der Waals surface area contributed by atoms with Gasteiger partial charge in [0, 0.05) is 12.3 Å². The van der Waals surface area contributed by atoms with E-state index in [2.05, 4.69) is 0 Å². The molecule has 2 rings (SSSR count). The third-order valence-corrected chi connectivity index (χ3v) is 5.62. The highest BCUT2D eigenvalue weighted by Crippen LogP contribution is 2.41. The van der Waals surface area contributed by atoms with Crippen LogP contribution in [0.15, 0.2) is 0 Å². The van der Waals surface area contributed by atoms with Gasteiger partial charge in [0.1, 0.15) is 6.04 Å². The third kappa shape index (κ3) is 2.60. The van der Waals surface area contributed by atoms with Gasteiger partial charge >= 0.3 is 5.97 Å². The van der Waals surface area contributed by atoms with Gasteiger partial charge in [0.2, 0.25) is 5.91 Å². The first-order valence-electron chi connectivity index (χ1n) is 6.89. The number of carbonyl (C=O) groups excluding carboxylic acids is 1. The summed E-state index contributed by atoms with van der Waals surface area (Å²) in [5, 5.41) is 9.20. The Morgan fingerprint density at radius 2 is 2.00 bits per heavy atom. The average Bonchev–Trinajstić information content (AvgIpc) is 2.80. The van der Waals surface area contributed by atoms with Crippen LogP contribution in [-0.2, 0) is 9.59 Å². The molecule has 0 radical (unpaired) electrons. The molecule has 1 amide bonds. The van der Waals surface area contributed by atoms with Gasteiger partial charge in [-0.15, -0.1) is 11.8 Å². The number of nitrogens with zero attached hydrogens (tertiary/aromatic N) is 1. The molecular formula is C13H22N2O3S. The van der Waals surface area contributed by atoms with E-state index in [9.17, 15) is 14.7 Å². The maximum absolute atomic E-state index is 12.8. The number of aliphatic carboxylic acids is 1. The van der Waals surface area contributed by atoms with Crippen molar-refractivity contribution in [3.63, 3.8) is 0 Å². The van der Waals surface area contributed by atoms with E-state index in [4.69, 9.17) is 5.73 Å². The number of carbonyl (C=O) groups is 2. The first-order valence-corrected chi connectivity index (χ1v) is 7.94. The number of nitrogens with two attached hydrogens (primary N) is 1. The van der Waals surface area contributed by atoms with E-state index in [-0.39, 0.29) is 11.3 Å². The van der Waals surface area contributed by atoms with Gasteiger partial charge in [-0.3, -0.25) is 4.79 Å². The van der Waals surface area contributed by atoms with Crippen molar-refractivity contribution in [1.82, 2.24) is 4.90 Å². The van der Waals surface area contributed by atoms with Crippen molar-refractivity contribution in [1.29, 1.82) is 0 Å². The van der Waals surface area contributed by atoms with Crippen LogP contribution in [0.3, 0.4) is 0 Å². The van der Waals surface area contributed by atoms with Crippen molar-refractivity contribution in [3.8, 4) is 0 Å². The number of hydrogen-bond donors (Lipinski definition) is 2. The normalized spacial score (nSPS) is 30.3. The number of amides is 1. The molecule has 1 aliphatic heterocycles. The maximum atomic E-state index is 12.8. The largest absolute Gasteiger partial charge is 0.480 e. The average molecular weight is 286 g/mol. The zero-order chi connectivity index (χ0) is 14.0. The summed E-state index contributed by atoms with van der Waals surface area (Å²) in [4.78, 5) is 25.7. The second-order valence-electron chi connectivity index (χ2n) is 5.54. The van der Waals surface area contributed by atoms with Crippen molar-refractivity contribution in [2.45, 2.75) is 50.4 Å². The van der Waals surface area contributed by atoms with Gasteiger partial charge in [-0.1, -0.05) is 19.3 Å². The fourth-order valence-corrected chi connectivity index (χ4v) is 4.32. The van der Waals surface area contributed by atoms with Crippen LogP contribution in [0.5, 0.6) is 0 Å². The molecule has 0 bridgehead atoms. The summed E-state index contributed by atoms with van der Waals surface area (Å²) in [6, 6.07) is -0.696. The molecule has 19 heavy (non-hydrogen) atoms. The second kappa shape index (κ2) is 5.71. The van der Waals surface area contributed by atoms with Gasteiger partial charge < -0.3 is 15.7 Å². The van der Waals surface area contributed by atoms with Crippen LogP contribution in [-0.4, -0.2) is 45.6 Å². The van der Waals surface area contributed by atoms with E-state index in [1.165, 1.54) is 11.8 Å². The van der Waals surface area contributed by atoms with E-state index in [0.29, 0.717) is 12.3 Å². The van der Waals surface area contributed by atoms with E-state index in [1.807, 2.05) is 6.92 Å². The number of carboxylic acids is 1. The summed E-state index contributed by atoms with van der Waals surface area (Å²) in [6.07, 6.45) is 4.75. The zero-order valence-electron chi connectivity index (χ0n) is 11.3.